The number of amides is 2. The lowest BCUT2D eigenvalue weighted by Gasteiger charge is -2.18. The van der Waals surface area contributed by atoms with Gasteiger partial charge in [-0.2, -0.15) is 0 Å². The number of hydrogen-bond donors (Lipinski definition) is 2. The van der Waals surface area contributed by atoms with E-state index in [1.165, 1.54) is 0 Å². The molecule has 1 atom stereocenters. The highest BCUT2D eigenvalue weighted by Gasteiger charge is 2.23. The first-order valence-electron chi connectivity index (χ1n) is 4.40. The fraction of sp³-hybridized carbons (Fsp3) is 0.875. The SMILES string of the molecule is CC(C)NC(=O)N1CC[C@@H](N)C1. The number of nitrogens with two attached hydrogens (primary N) is 1. The monoisotopic (exact) mass is 171 g/mol. The van der Waals surface area contributed by atoms with E-state index in [1.54, 1.807) is 4.90 Å². The van der Waals surface area contributed by atoms with Gasteiger partial charge in [0.25, 0.3) is 0 Å². The summed E-state index contributed by atoms with van der Waals surface area (Å²) in [5, 5.41) is 2.84. The lowest BCUT2D eigenvalue weighted by atomic mass is 10.3. The number of carbonyl (C=O) groups is 1. The molecule has 0 aromatic heterocycles. The Morgan fingerprint density at radius 3 is 2.75 bits per heavy atom. The molecule has 0 aliphatic carbocycles. The van der Waals surface area contributed by atoms with Crippen LogP contribution in [0.2, 0.25) is 0 Å². The molecule has 3 N–H and O–H groups in total. The maximum Gasteiger partial charge on any atom is 0.317 e. The Hall–Kier alpha value is -0.770. The van der Waals surface area contributed by atoms with Gasteiger partial charge in [-0.3, -0.25) is 0 Å². The molecular weight excluding hydrogens is 154 g/mol. The van der Waals surface area contributed by atoms with Crippen LogP contribution in [0.15, 0.2) is 0 Å². The minimum atomic E-state index is 0.0120. The minimum absolute atomic E-state index is 0.0120. The summed E-state index contributed by atoms with van der Waals surface area (Å²) in [4.78, 5) is 13.1. The Morgan fingerprint density at radius 2 is 2.33 bits per heavy atom. The summed E-state index contributed by atoms with van der Waals surface area (Å²) in [6.07, 6.45) is 0.922. The number of hydrogen-bond acceptors (Lipinski definition) is 2. The predicted octanol–water partition coefficient (Wildman–Crippen LogP) is 0.137. The zero-order valence-corrected chi connectivity index (χ0v) is 7.71. The Bertz CT molecular complexity index is 170. The second-order valence-corrected chi connectivity index (χ2v) is 3.60. The third-order valence-electron chi connectivity index (χ3n) is 1.92. The van der Waals surface area contributed by atoms with Gasteiger partial charge < -0.3 is 16.0 Å². The van der Waals surface area contributed by atoms with Gasteiger partial charge in [-0.15, -0.1) is 0 Å². The van der Waals surface area contributed by atoms with E-state index in [9.17, 15) is 4.79 Å². The zero-order chi connectivity index (χ0) is 9.14. The minimum Gasteiger partial charge on any atom is -0.336 e. The van der Waals surface area contributed by atoms with Crippen LogP contribution in [-0.4, -0.2) is 36.1 Å². The number of nitrogens with one attached hydrogen (secondary N) is 1. The Kier molecular flexibility index (Phi) is 2.92. The molecule has 70 valence electrons. The quantitative estimate of drug-likeness (QED) is 0.589. The van der Waals surface area contributed by atoms with E-state index in [2.05, 4.69) is 5.32 Å². The van der Waals surface area contributed by atoms with Crippen molar-refractivity contribution in [3.63, 3.8) is 0 Å². The molecule has 1 aliphatic rings. The Labute approximate surface area is 73.1 Å². The molecule has 1 heterocycles. The number of rotatable bonds is 1. The van der Waals surface area contributed by atoms with Gasteiger partial charge in [-0.25, -0.2) is 4.79 Å². The molecule has 0 saturated carbocycles. The standard InChI is InChI=1S/C8H17N3O/c1-6(2)10-8(12)11-4-3-7(9)5-11/h6-7H,3-5,9H2,1-2H3,(H,10,12)/t7-/m1/s1. The normalized spacial score (nSPS) is 23.3. The van der Waals surface area contributed by atoms with Crippen LogP contribution in [0, 0.1) is 0 Å². The van der Waals surface area contributed by atoms with Gasteiger partial charge in [-0.05, 0) is 20.3 Å². The molecule has 12 heavy (non-hydrogen) atoms. The van der Waals surface area contributed by atoms with Crippen LogP contribution in [0.5, 0.6) is 0 Å². The van der Waals surface area contributed by atoms with Crippen molar-refractivity contribution in [2.45, 2.75) is 32.4 Å². The molecule has 0 radical (unpaired) electrons. The highest BCUT2D eigenvalue weighted by Crippen LogP contribution is 2.06. The van der Waals surface area contributed by atoms with Crippen LogP contribution in [0.3, 0.4) is 0 Å². The second-order valence-electron chi connectivity index (χ2n) is 3.60. The number of urea groups is 1. The van der Waals surface area contributed by atoms with Crippen LogP contribution in [0.4, 0.5) is 4.79 Å². The Morgan fingerprint density at radius 1 is 1.67 bits per heavy atom. The van der Waals surface area contributed by atoms with E-state index in [1.807, 2.05) is 13.8 Å². The van der Waals surface area contributed by atoms with Gasteiger partial charge in [0.2, 0.25) is 0 Å². The summed E-state index contributed by atoms with van der Waals surface area (Å²) in [5.41, 5.74) is 5.67. The molecule has 0 aromatic carbocycles. The second kappa shape index (κ2) is 3.76. The maximum atomic E-state index is 11.4. The summed E-state index contributed by atoms with van der Waals surface area (Å²) in [7, 11) is 0. The first kappa shape index (κ1) is 9.32. The molecule has 2 amide bonds. The largest absolute Gasteiger partial charge is 0.336 e. The molecule has 0 unspecified atom stereocenters. The topological polar surface area (TPSA) is 58.4 Å². The van der Waals surface area contributed by atoms with E-state index in [-0.39, 0.29) is 18.1 Å². The maximum absolute atomic E-state index is 11.4. The molecule has 0 aromatic rings. The average Bonchev–Trinajstić information content (AvgIpc) is 2.34. The molecule has 1 fully saturated rings. The summed E-state index contributed by atoms with van der Waals surface area (Å²) in [5.74, 6) is 0. The van der Waals surface area contributed by atoms with Gasteiger partial charge in [0, 0.05) is 25.2 Å². The molecule has 4 heteroatoms. The first-order valence-corrected chi connectivity index (χ1v) is 4.40. The third kappa shape index (κ3) is 2.37. The van der Waals surface area contributed by atoms with Crippen LogP contribution in [0.25, 0.3) is 0 Å². The number of likely N-dealkylation sites (tertiary alicyclic amines) is 1. The van der Waals surface area contributed by atoms with Gasteiger partial charge >= 0.3 is 6.03 Å². The van der Waals surface area contributed by atoms with Crippen molar-refractivity contribution in [1.82, 2.24) is 10.2 Å². The van der Waals surface area contributed by atoms with Crippen LogP contribution in [0.1, 0.15) is 20.3 Å². The predicted molar refractivity (Wildman–Crippen MR) is 47.8 cm³/mol. The van der Waals surface area contributed by atoms with Crippen molar-refractivity contribution < 1.29 is 4.79 Å². The molecule has 1 saturated heterocycles. The van der Waals surface area contributed by atoms with Crippen molar-refractivity contribution >= 4 is 6.03 Å². The Balaban J connectivity index is 2.33. The van der Waals surface area contributed by atoms with E-state index in [0.717, 1.165) is 13.0 Å². The number of carbonyl (C=O) groups excluding carboxylic acids is 1. The molecular formula is C8H17N3O. The highest BCUT2D eigenvalue weighted by molar-refractivity contribution is 5.74. The zero-order valence-electron chi connectivity index (χ0n) is 7.71. The first-order chi connectivity index (χ1) is 5.59. The fourth-order valence-corrected chi connectivity index (χ4v) is 1.31. The van der Waals surface area contributed by atoms with E-state index < -0.39 is 0 Å². The fourth-order valence-electron chi connectivity index (χ4n) is 1.31. The third-order valence-corrected chi connectivity index (χ3v) is 1.92. The number of nitrogens with zero attached hydrogens (tertiary/aromatic N) is 1. The van der Waals surface area contributed by atoms with Gasteiger partial charge in [0.15, 0.2) is 0 Å². The van der Waals surface area contributed by atoms with E-state index >= 15 is 0 Å². The molecule has 0 bridgehead atoms. The van der Waals surface area contributed by atoms with Crippen LogP contribution < -0.4 is 11.1 Å². The molecule has 1 rings (SSSR count). The average molecular weight is 171 g/mol. The summed E-state index contributed by atoms with van der Waals surface area (Å²) >= 11 is 0. The summed E-state index contributed by atoms with van der Waals surface area (Å²) in [6, 6.07) is 0.384. The smallest absolute Gasteiger partial charge is 0.317 e. The van der Waals surface area contributed by atoms with E-state index in [4.69, 9.17) is 5.73 Å². The van der Waals surface area contributed by atoms with Crippen LogP contribution in [-0.2, 0) is 0 Å². The van der Waals surface area contributed by atoms with Gasteiger partial charge in [0.1, 0.15) is 0 Å². The van der Waals surface area contributed by atoms with Crippen molar-refractivity contribution in [3.05, 3.63) is 0 Å². The van der Waals surface area contributed by atoms with Crippen LogP contribution >= 0.6 is 0 Å². The highest BCUT2D eigenvalue weighted by atomic mass is 16.2. The van der Waals surface area contributed by atoms with Gasteiger partial charge in [-0.1, -0.05) is 0 Å². The van der Waals surface area contributed by atoms with Gasteiger partial charge in [0.05, 0.1) is 0 Å². The summed E-state index contributed by atoms with van der Waals surface area (Å²) in [6.45, 7) is 5.39. The van der Waals surface area contributed by atoms with E-state index in [0.29, 0.717) is 6.54 Å². The molecule has 0 spiro atoms. The molecule has 4 nitrogen and oxygen atoms in total. The van der Waals surface area contributed by atoms with Crippen molar-refractivity contribution in [2.24, 2.45) is 5.73 Å². The lowest BCUT2D eigenvalue weighted by Crippen LogP contribution is -2.42. The lowest BCUT2D eigenvalue weighted by molar-refractivity contribution is 0.205. The molecule has 1 aliphatic heterocycles. The van der Waals surface area contributed by atoms with Crippen molar-refractivity contribution in [1.29, 1.82) is 0 Å². The summed E-state index contributed by atoms with van der Waals surface area (Å²) < 4.78 is 0. The van der Waals surface area contributed by atoms with Crippen molar-refractivity contribution in [3.8, 4) is 0 Å². The van der Waals surface area contributed by atoms with Crippen molar-refractivity contribution in [2.75, 3.05) is 13.1 Å².